The van der Waals surface area contributed by atoms with Crippen molar-refractivity contribution in [2.75, 3.05) is 20.2 Å². The molecule has 1 aliphatic rings. The minimum Gasteiger partial charge on any atom is -0.497 e. The number of hydrogen-bond acceptors (Lipinski definition) is 4. The molecule has 1 aliphatic heterocycles. The Morgan fingerprint density at radius 1 is 1.50 bits per heavy atom. The molecule has 1 N–H and O–H groups in total. The van der Waals surface area contributed by atoms with Crippen LogP contribution in [0.25, 0.3) is 0 Å². The van der Waals surface area contributed by atoms with E-state index in [1.54, 1.807) is 7.11 Å². The SMILES string of the molecule is COc1cccc(COC(=O)C(C)C2CNC2)c1. The summed E-state index contributed by atoms with van der Waals surface area (Å²) in [5.74, 6) is 1.05. The van der Waals surface area contributed by atoms with Crippen LogP contribution in [0.15, 0.2) is 24.3 Å². The zero-order chi connectivity index (χ0) is 13.0. The number of nitrogens with one attached hydrogen (secondary N) is 1. The molecule has 0 bridgehead atoms. The second-order valence-electron chi connectivity index (χ2n) is 4.67. The molecule has 0 saturated carbocycles. The number of rotatable bonds is 5. The maximum Gasteiger partial charge on any atom is 0.309 e. The van der Waals surface area contributed by atoms with Crippen molar-refractivity contribution in [3.63, 3.8) is 0 Å². The molecule has 1 aromatic rings. The largest absolute Gasteiger partial charge is 0.497 e. The molecule has 4 nitrogen and oxygen atoms in total. The van der Waals surface area contributed by atoms with E-state index in [1.165, 1.54) is 0 Å². The Morgan fingerprint density at radius 3 is 2.89 bits per heavy atom. The third-order valence-corrected chi connectivity index (χ3v) is 3.41. The molecule has 0 spiro atoms. The molecule has 0 aromatic heterocycles. The molecule has 2 rings (SSSR count). The zero-order valence-electron chi connectivity index (χ0n) is 10.8. The predicted octanol–water partition coefficient (Wildman–Crippen LogP) is 1.59. The van der Waals surface area contributed by atoms with Gasteiger partial charge in [-0.2, -0.15) is 0 Å². The monoisotopic (exact) mass is 249 g/mol. The first kappa shape index (κ1) is 12.9. The van der Waals surface area contributed by atoms with Crippen LogP contribution in [0.3, 0.4) is 0 Å². The Balaban J connectivity index is 1.84. The Labute approximate surface area is 107 Å². The van der Waals surface area contributed by atoms with Crippen molar-refractivity contribution in [2.45, 2.75) is 13.5 Å². The average molecular weight is 249 g/mol. The molecule has 18 heavy (non-hydrogen) atoms. The maximum absolute atomic E-state index is 11.8. The van der Waals surface area contributed by atoms with E-state index in [2.05, 4.69) is 5.32 Å². The lowest BCUT2D eigenvalue weighted by Gasteiger charge is -2.31. The van der Waals surface area contributed by atoms with Crippen molar-refractivity contribution in [1.82, 2.24) is 5.32 Å². The minimum absolute atomic E-state index is 0.0307. The van der Waals surface area contributed by atoms with Crippen molar-refractivity contribution < 1.29 is 14.3 Å². The van der Waals surface area contributed by atoms with Gasteiger partial charge in [-0.15, -0.1) is 0 Å². The number of esters is 1. The van der Waals surface area contributed by atoms with Crippen LogP contribution in [0.4, 0.5) is 0 Å². The first-order valence-electron chi connectivity index (χ1n) is 6.21. The number of carbonyl (C=O) groups excluding carboxylic acids is 1. The van der Waals surface area contributed by atoms with Gasteiger partial charge in [0.15, 0.2) is 0 Å². The lowest BCUT2D eigenvalue weighted by Crippen LogP contribution is -2.47. The van der Waals surface area contributed by atoms with Gasteiger partial charge < -0.3 is 14.8 Å². The molecule has 1 fully saturated rings. The highest BCUT2D eigenvalue weighted by Crippen LogP contribution is 2.19. The zero-order valence-corrected chi connectivity index (χ0v) is 10.8. The van der Waals surface area contributed by atoms with Gasteiger partial charge in [0.1, 0.15) is 12.4 Å². The highest BCUT2D eigenvalue weighted by molar-refractivity contribution is 5.72. The summed E-state index contributed by atoms with van der Waals surface area (Å²) >= 11 is 0. The lowest BCUT2D eigenvalue weighted by atomic mass is 9.89. The molecule has 0 radical (unpaired) electrons. The van der Waals surface area contributed by atoms with Crippen molar-refractivity contribution in [2.24, 2.45) is 11.8 Å². The molecule has 1 heterocycles. The van der Waals surface area contributed by atoms with Crippen LogP contribution >= 0.6 is 0 Å². The molecular formula is C14H19NO3. The molecule has 4 heteroatoms. The molecular weight excluding hydrogens is 230 g/mol. The third-order valence-electron chi connectivity index (χ3n) is 3.41. The number of methoxy groups -OCH3 is 1. The second-order valence-corrected chi connectivity index (χ2v) is 4.67. The van der Waals surface area contributed by atoms with Crippen LogP contribution < -0.4 is 10.1 Å². The van der Waals surface area contributed by atoms with Crippen LogP contribution in [0.2, 0.25) is 0 Å². The van der Waals surface area contributed by atoms with Gasteiger partial charge in [0.2, 0.25) is 0 Å². The van der Waals surface area contributed by atoms with E-state index in [-0.39, 0.29) is 11.9 Å². The molecule has 1 atom stereocenters. The fourth-order valence-electron chi connectivity index (χ4n) is 1.91. The topological polar surface area (TPSA) is 47.6 Å². The fraction of sp³-hybridized carbons (Fsp3) is 0.500. The summed E-state index contributed by atoms with van der Waals surface area (Å²) in [7, 11) is 1.62. The summed E-state index contributed by atoms with van der Waals surface area (Å²) < 4.78 is 10.4. The van der Waals surface area contributed by atoms with Crippen LogP contribution in [0.5, 0.6) is 5.75 Å². The molecule has 0 aliphatic carbocycles. The Morgan fingerprint density at radius 2 is 2.28 bits per heavy atom. The van der Waals surface area contributed by atoms with Crippen molar-refractivity contribution in [3.8, 4) is 5.75 Å². The van der Waals surface area contributed by atoms with E-state index in [4.69, 9.17) is 9.47 Å². The van der Waals surface area contributed by atoms with E-state index < -0.39 is 0 Å². The van der Waals surface area contributed by atoms with Gasteiger partial charge in [-0.05, 0) is 36.7 Å². The summed E-state index contributed by atoms with van der Waals surface area (Å²) in [5.41, 5.74) is 0.946. The third kappa shape index (κ3) is 3.01. The van der Waals surface area contributed by atoms with Gasteiger partial charge >= 0.3 is 5.97 Å². The van der Waals surface area contributed by atoms with E-state index in [0.717, 1.165) is 24.4 Å². The first-order valence-corrected chi connectivity index (χ1v) is 6.21. The van der Waals surface area contributed by atoms with Crippen LogP contribution in [0, 0.1) is 11.8 Å². The second kappa shape index (κ2) is 5.87. The predicted molar refractivity (Wildman–Crippen MR) is 68.3 cm³/mol. The average Bonchev–Trinajstić information content (AvgIpc) is 2.34. The fourth-order valence-corrected chi connectivity index (χ4v) is 1.91. The van der Waals surface area contributed by atoms with Gasteiger partial charge in [-0.25, -0.2) is 0 Å². The normalized spacial score (nSPS) is 16.8. The van der Waals surface area contributed by atoms with Crippen molar-refractivity contribution in [3.05, 3.63) is 29.8 Å². The number of carbonyl (C=O) groups is 1. The molecule has 98 valence electrons. The maximum atomic E-state index is 11.8. The summed E-state index contributed by atoms with van der Waals surface area (Å²) in [6, 6.07) is 7.56. The van der Waals surface area contributed by atoms with Crippen LogP contribution in [-0.2, 0) is 16.1 Å². The van der Waals surface area contributed by atoms with E-state index in [9.17, 15) is 4.79 Å². The molecule has 1 aromatic carbocycles. The van der Waals surface area contributed by atoms with Crippen LogP contribution in [0.1, 0.15) is 12.5 Å². The van der Waals surface area contributed by atoms with Crippen molar-refractivity contribution >= 4 is 5.97 Å². The highest BCUT2D eigenvalue weighted by Gasteiger charge is 2.29. The number of benzene rings is 1. The van der Waals surface area contributed by atoms with Gasteiger partial charge in [-0.3, -0.25) is 4.79 Å². The summed E-state index contributed by atoms with van der Waals surface area (Å²) in [6.45, 7) is 4.06. The standard InChI is InChI=1S/C14H19NO3/c1-10(12-7-15-8-12)14(16)18-9-11-4-3-5-13(6-11)17-2/h3-6,10,12,15H,7-9H2,1-2H3. The quantitative estimate of drug-likeness (QED) is 0.805. The summed E-state index contributed by atoms with van der Waals surface area (Å²) in [5, 5.41) is 3.16. The van der Waals surface area contributed by atoms with E-state index in [0.29, 0.717) is 12.5 Å². The van der Waals surface area contributed by atoms with Gasteiger partial charge in [-0.1, -0.05) is 19.1 Å². The summed E-state index contributed by atoms with van der Waals surface area (Å²) in [4.78, 5) is 11.8. The minimum atomic E-state index is -0.121. The Kier molecular flexibility index (Phi) is 4.20. The van der Waals surface area contributed by atoms with Gasteiger partial charge in [0.05, 0.1) is 13.0 Å². The van der Waals surface area contributed by atoms with Gasteiger partial charge in [0, 0.05) is 0 Å². The van der Waals surface area contributed by atoms with E-state index in [1.807, 2.05) is 31.2 Å². The highest BCUT2D eigenvalue weighted by atomic mass is 16.5. The molecule has 0 amide bonds. The number of hydrogen-bond donors (Lipinski definition) is 1. The number of ether oxygens (including phenoxy) is 2. The lowest BCUT2D eigenvalue weighted by molar-refractivity contribution is -0.151. The summed E-state index contributed by atoms with van der Waals surface area (Å²) in [6.07, 6.45) is 0. The molecule has 1 saturated heterocycles. The first-order chi connectivity index (χ1) is 8.70. The Bertz CT molecular complexity index is 415. The van der Waals surface area contributed by atoms with Crippen molar-refractivity contribution in [1.29, 1.82) is 0 Å². The van der Waals surface area contributed by atoms with Gasteiger partial charge in [0.25, 0.3) is 0 Å². The Hall–Kier alpha value is -1.55. The van der Waals surface area contributed by atoms with Crippen LogP contribution in [-0.4, -0.2) is 26.2 Å². The smallest absolute Gasteiger partial charge is 0.309 e. The van der Waals surface area contributed by atoms with E-state index >= 15 is 0 Å². The molecule has 1 unspecified atom stereocenters.